The lowest BCUT2D eigenvalue weighted by Gasteiger charge is -2.46. The molecule has 14 heteroatoms. The molecule has 2 aromatic heterocycles. The lowest BCUT2D eigenvalue weighted by atomic mass is 9.83. The van der Waals surface area contributed by atoms with Gasteiger partial charge in [-0.15, -0.1) is 0 Å². The molecule has 5 aliphatic heterocycles. The lowest BCUT2D eigenvalue weighted by Crippen LogP contribution is -2.63. The minimum Gasteiger partial charge on any atom is -0.461 e. The van der Waals surface area contributed by atoms with Crippen molar-refractivity contribution in [3.63, 3.8) is 0 Å². The van der Waals surface area contributed by atoms with Crippen molar-refractivity contribution in [2.24, 2.45) is 0 Å². The number of nitrogens with one attached hydrogen (secondary N) is 1. The van der Waals surface area contributed by atoms with Crippen LogP contribution in [0.4, 0.5) is 23.8 Å². The molecule has 7 heterocycles. The number of hydrogen-bond acceptors (Lipinski definition) is 10. The largest absolute Gasteiger partial charge is 0.461 e. The molecule has 0 spiro atoms. The Morgan fingerprint density at radius 3 is 2.67 bits per heavy atom. The van der Waals surface area contributed by atoms with Gasteiger partial charge in [-0.3, -0.25) is 14.7 Å². The van der Waals surface area contributed by atoms with E-state index in [-0.39, 0.29) is 96.3 Å². The fourth-order valence-corrected chi connectivity index (χ4v) is 8.95. The number of carbonyl (C=O) groups excluding carboxylic acids is 2. The Morgan fingerprint density at radius 2 is 1.88 bits per heavy atom. The maximum atomic E-state index is 17.2. The monoisotopic (exact) mass is 704 g/mol. The van der Waals surface area contributed by atoms with Crippen LogP contribution in [0.1, 0.15) is 57.9 Å². The van der Waals surface area contributed by atoms with Gasteiger partial charge in [-0.1, -0.05) is 6.07 Å². The summed E-state index contributed by atoms with van der Waals surface area (Å²) in [4.78, 5) is 42.5. The Kier molecular flexibility index (Phi) is 8.19. The molecule has 2 aromatic carbocycles. The van der Waals surface area contributed by atoms with Crippen LogP contribution in [0.2, 0.25) is 0 Å². The molecule has 268 valence electrons. The molecule has 51 heavy (non-hydrogen) atoms. The van der Waals surface area contributed by atoms with Gasteiger partial charge in [0.05, 0.1) is 29.6 Å². The van der Waals surface area contributed by atoms with E-state index in [4.69, 9.17) is 19.2 Å². The predicted molar refractivity (Wildman–Crippen MR) is 183 cm³/mol. The molecule has 5 aliphatic rings. The van der Waals surface area contributed by atoms with E-state index in [0.717, 1.165) is 38.8 Å². The minimum atomic E-state index is -1.79. The number of piperidine rings is 1. The number of alkyl carbamates (subject to hydrolysis) is 1. The van der Waals surface area contributed by atoms with Crippen molar-refractivity contribution < 1.29 is 37.0 Å². The number of rotatable bonds is 5. The first-order chi connectivity index (χ1) is 24.5. The minimum absolute atomic E-state index is 0.0131. The van der Waals surface area contributed by atoms with Gasteiger partial charge in [0.25, 0.3) is 6.47 Å². The van der Waals surface area contributed by atoms with Gasteiger partial charge in [0.1, 0.15) is 40.9 Å². The predicted octanol–water partition coefficient (Wildman–Crippen LogP) is 6.04. The van der Waals surface area contributed by atoms with Crippen LogP contribution in [0.15, 0.2) is 30.5 Å². The zero-order valence-electron chi connectivity index (χ0n) is 28.6. The number of amides is 1. The summed E-state index contributed by atoms with van der Waals surface area (Å²) in [5, 5.41) is 3.90. The van der Waals surface area contributed by atoms with E-state index >= 15 is 13.2 Å². The van der Waals surface area contributed by atoms with Gasteiger partial charge in [0.15, 0.2) is 5.82 Å². The molecule has 1 unspecified atom stereocenters. The van der Waals surface area contributed by atoms with E-state index in [1.54, 1.807) is 17.9 Å². The first-order valence-electron chi connectivity index (χ1n) is 17.5. The average molecular weight is 705 g/mol. The van der Waals surface area contributed by atoms with E-state index < -0.39 is 28.9 Å². The average Bonchev–Trinajstić information content (AvgIpc) is 3.66. The van der Waals surface area contributed by atoms with Crippen molar-refractivity contribution in [2.75, 3.05) is 44.3 Å². The number of pyridine rings is 1. The highest BCUT2D eigenvalue weighted by atomic mass is 19.1. The molecule has 6 bridgehead atoms. The zero-order valence-corrected chi connectivity index (χ0v) is 28.6. The maximum absolute atomic E-state index is 17.2. The molecule has 0 saturated carbocycles. The van der Waals surface area contributed by atoms with Crippen LogP contribution in [0.25, 0.3) is 32.9 Å². The number of alkyl halides is 1. The molecule has 0 aliphatic carbocycles. The van der Waals surface area contributed by atoms with Crippen molar-refractivity contribution in [1.29, 1.82) is 0 Å². The van der Waals surface area contributed by atoms with Crippen LogP contribution >= 0.6 is 0 Å². The van der Waals surface area contributed by atoms with Crippen molar-refractivity contribution in [3.05, 3.63) is 47.7 Å². The van der Waals surface area contributed by atoms with Gasteiger partial charge in [0.2, 0.25) is 0 Å². The number of anilines is 1. The van der Waals surface area contributed by atoms with Gasteiger partial charge in [-0.2, -0.15) is 9.97 Å². The van der Waals surface area contributed by atoms with Gasteiger partial charge in [0, 0.05) is 24.7 Å². The summed E-state index contributed by atoms with van der Waals surface area (Å²) in [5.41, 5.74) is -2.89. The number of benzene rings is 2. The molecule has 4 aromatic rings. The van der Waals surface area contributed by atoms with Crippen molar-refractivity contribution in [1.82, 2.24) is 25.2 Å². The first-order valence-corrected chi connectivity index (χ1v) is 17.5. The molecular formula is C37H39F3N6O5. The van der Waals surface area contributed by atoms with Crippen LogP contribution in [0.5, 0.6) is 11.8 Å². The lowest BCUT2D eigenvalue weighted by molar-refractivity contribution is -0.120. The van der Waals surface area contributed by atoms with E-state index in [0.29, 0.717) is 17.4 Å². The molecule has 2 atom stereocenters. The normalized spacial score (nSPS) is 24.7. The topological polar surface area (TPSA) is 119 Å². The van der Waals surface area contributed by atoms with Crippen molar-refractivity contribution >= 4 is 40.1 Å². The molecule has 3 saturated heterocycles. The second-order valence-corrected chi connectivity index (χ2v) is 14.9. The van der Waals surface area contributed by atoms with Crippen LogP contribution < -0.4 is 19.7 Å². The fraction of sp³-hybridized carbons (Fsp3) is 0.486. The molecule has 0 radical (unpaired) electrons. The Labute approximate surface area is 292 Å². The number of aromatic nitrogens is 3. The number of fused-ring (bicyclic) bond motifs is 7. The number of halogens is 3. The Balaban J connectivity index is 1.35. The van der Waals surface area contributed by atoms with E-state index in [1.807, 2.05) is 0 Å². The van der Waals surface area contributed by atoms with E-state index in [1.165, 1.54) is 31.3 Å². The summed E-state index contributed by atoms with van der Waals surface area (Å²) < 4.78 is 66.0. The third-order valence-corrected chi connectivity index (χ3v) is 10.8. The summed E-state index contributed by atoms with van der Waals surface area (Å²) in [7, 11) is 0. The fourth-order valence-electron chi connectivity index (χ4n) is 8.95. The van der Waals surface area contributed by atoms with Gasteiger partial charge in [-0.25, -0.2) is 18.0 Å². The molecular weight excluding hydrogens is 665 g/mol. The van der Waals surface area contributed by atoms with E-state index in [2.05, 4.69) is 20.2 Å². The zero-order chi connectivity index (χ0) is 35.5. The summed E-state index contributed by atoms with van der Waals surface area (Å²) in [6.07, 6.45) is 5.07. The molecule has 9 rings (SSSR count). The standard InChI is InChI=1S/C37H39F3N6O5/c1-35(40)17-36(2)19-45(18-35)32-26-16-41-30(29(39)31(26)42-33(43-32)50-20-37-9-4-11-46(37)12-5-10-37)25-15-23(51-21-47)14-22-7-8-27(38)24(28(22)25)6-3-13-49-34(48)44-36/h7-8,14-16,21H,3-6,9-13,17-20H2,1-2H3,(H,44,48)/t35?,36-/m1/s1. The Morgan fingerprint density at radius 1 is 1.08 bits per heavy atom. The third kappa shape index (κ3) is 6.06. The van der Waals surface area contributed by atoms with E-state index in [9.17, 15) is 9.59 Å². The van der Waals surface area contributed by atoms with Crippen LogP contribution in [0, 0.1) is 11.6 Å². The second-order valence-electron chi connectivity index (χ2n) is 14.9. The molecule has 1 N–H and O–H groups in total. The highest BCUT2D eigenvalue weighted by molar-refractivity contribution is 6.02. The molecule has 3 fully saturated rings. The highest BCUT2D eigenvalue weighted by Crippen LogP contribution is 2.43. The first kappa shape index (κ1) is 33.4. The van der Waals surface area contributed by atoms with Crippen molar-refractivity contribution in [2.45, 2.75) is 75.5 Å². The van der Waals surface area contributed by atoms with Crippen LogP contribution in [-0.4, -0.2) is 88.6 Å². The SMILES string of the molecule is CC1(F)CN2C[C@@](C)(C1)NC(=O)OCCCc1c(F)ccc3cc(OC=O)cc(c13)-c1ncc3c2nc(OCC24CCCN2CCC4)nc3c1F. The third-order valence-electron chi connectivity index (χ3n) is 10.8. The summed E-state index contributed by atoms with van der Waals surface area (Å²) in [6, 6.07) is 5.73. The number of nitrogens with zero attached hydrogens (tertiary/aromatic N) is 5. The van der Waals surface area contributed by atoms with Crippen LogP contribution in [-0.2, 0) is 16.0 Å². The number of carbonyl (C=O) groups is 2. The van der Waals surface area contributed by atoms with Crippen LogP contribution in [0.3, 0.4) is 0 Å². The summed E-state index contributed by atoms with van der Waals surface area (Å²) in [5.74, 6) is -1.06. The van der Waals surface area contributed by atoms with Gasteiger partial charge >= 0.3 is 12.1 Å². The Hall–Kier alpha value is -4.72. The smallest absolute Gasteiger partial charge is 0.407 e. The number of ether oxygens (including phenoxy) is 3. The van der Waals surface area contributed by atoms with Gasteiger partial charge < -0.3 is 24.4 Å². The quantitative estimate of drug-likeness (QED) is 0.247. The number of hydrogen-bond donors (Lipinski definition) is 1. The molecule has 1 amide bonds. The highest BCUT2D eigenvalue weighted by Gasteiger charge is 2.47. The van der Waals surface area contributed by atoms with Crippen molar-refractivity contribution in [3.8, 4) is 23.0 Å². The molecule has 11 nitrogen and oxygen atoms in total. The number of aryl methyl sites for hydroxylation is 1. The Bertz CT molecular complexity index is 2050. The maximum Gasteiger partial charge on any atom is 0.407 e. The second kappa shape index (κ2) is 12.5. The van der Waals surface area contributed by atoms with Gasteiger partial charge in [-0.05, 0) is 100.0 Å². The summed E-state index contributed by atoms with van der Waals surface area (Å²) in [6.45, 7) is 5.67. The summed E-state index contributed by atoms with van der Waals surface area (Å²) >= 11 is 0.